The highest BCUT2D eigenvalue weighted by Gasteiger charge is 2.27. The molecule has 1 saturated heterocycles. The number of benzene rings is 1. The molecule has 0 radical (unpaired) electrons. The second-order valence-corrected chi connectivity index (χ2v) is 7.09. The van der Waals surface area contributed by atoms with Gasteiger partial charge in [-0.2, -0.15) is 11.8 Å². The molecule has 2 aliphatic heterocycles. The van der Waals surface area contributed by atoms with Gasteiger partial charge in [0.15, 0.2) is 0 Å². The number of nitrogens with one attached hydrogen (secondary N) is 1. The van der Waals surface area contributed by atoms with Crippen molar-refractivity contribution in [3.05, 3.63) is 28.3 Å². The number of rotatable bonds is 5. The smallest absolute Gasteiger partial charge is 0.125 e. The standard InChI is InChI=1S/C16H22ClNO2S/c1-2-18-14(15-10-21-6-5-19-15)9-12-8-13(17)7-11-3-4-20-16(11)12/h7-8,14-15,18H,2-6,9-10H2,1H3. The number of hydrogen-bond donors (Lipinski definition) is 1. The Balaban J connectivity index is 1.79. The van der Waals surface area contributed by atoms with Crippen molar-refractivity contribution in [3.8, 4) is 5.75 Å². The van der Waals surface area contributed by atoms with Gasteiger partial charge in [0.1, 0.15) is 5.75 Å². The average Bonchev–Trinajstić information content (AvgIpc) is 2.96. The Labute approximate surface area is 135 Å². The Morgan fingerprint density at radius 3 is 3.10 bits per heavy atom. The van der Waals surface area contributed by atoms with E-state index in [9.17, 15) is 0 Å². The molecule has 1 aromatic carbocycles. The molecule has 1 fully saturated rings. The van der Waals surface area contributed by atoms with Gasteiger partial charge >= 0.3 is 0 Å². The van der Waals surface area contributed by atoms with Crippen molar-refractivity contribution in [3.63, 3.8) is 0 Å². The maximum Gasteiger partial charge on any atom is 0.125 e. The largest absolute Gasteiger partial charge is 0.493 e. The van der Waals surface area contributed by atoms with Gasteiger partial charge in [0.05, 0.1) is 19.3 Å². The molecule has 2 atom stereocenters. The summed E-state index contributed by atoms with van der Waals surface area (Å²) in [6.07, 6.45) is 2.13. The third-order valence-electron chi connectivity index (χ3n) is 4.02. The highest BCUT2D eigenvalue weighted by Crippen LogP contribution is 2.34. The fourth-order valence-electron chi connectivity index (χ4n) is 3.07. The molecule has 5 heteroatoms. The molecule has 0 aliphatic carbocycles. The van der Waals surface area contributed by atoms with Gasteiger partial charge in [0.2, 0.25) is 0 Å². The first-order valence-corrected chi connectivity index (χ1v) is 9.18. The van der Waals surface area contributed by atoms with Crippen LogP contribution in [0.15, 0.2) is 12.1 Å². The van der Waals surface area contributed by atoms with Gasteiger partial charge in [0.25, 0.3) is 0 Å². The van der Waals surface area contributed by atoms with Crippen LogP contribution in [0, 0.1) is 0 Å². The molecule has 2 unspecified atom stereocenters. The molecule has 1 N–H and O–H groups in total. The highest BCUT2D eigenvalue weighted by molar-refractivity contribution is 7.99. The zero-order chi connectivity index (χ0) is 14.7. The van der Waals surface area contributed by atoms with E-state index in [0.717, 1.165) is 54.9 Å². The quantitative estimate of drug-likeness (QED) is 0.900. The van der Waals surface area contributed by atoms with E-state index in [-0.39, 0.29) is 6.10 Å². The predicted molar refractivity (Wildman–Crippen MR) is 88.9 cm³/mol. The van der Waals surface area contributed by atoms with Crippen LogP contribution in [0.4, 0.5) is 0 Å². The molecule has 0 saturated carbocycles. The zero-order valence-electron chi connectivity index (χ0n) is 12.4. The molecule has 3 rings (SSSR count). The van der Waals surface area contributed by atoms with Crippen molar-refractivity contribution in [1.29, 1.82) is 0 Å². The van der Waals surface area contributed by atoms with Crippen LogP contribution in [-0.4, -0.2) is 43.4 Å². The van der Waals surface area contributed by atoms with Crippen LogP contribution in [0.25, 0.3) is 0 Å². The third kappa shape index (κ3) is 3.67. The van der Waals surface area contributed by atoms with Crippen LogP contribution in [-0.2, 0) is 17.6 Å². The summed E-state index contributed by atoms with van der Waals surface area (Å²) in [7, 11) is 0. The summed E-state index contributed by atoms with van der Waals surface area (Å²) in [5, 5.41) is 4.38. The number of likely N-dealkylation sites (N-methyl/N-ethyl adjacent to an activating group) is 1. The van der Waals surface area contributed by atoms with E-state index in [1.165, 1.54) is 11.1 Å². The normalized spacial score (nSPS) is 22.7. The fraction of sp³-hybridized carbons (Fsp3) is 0.625. The van der Waals surface area contributed by atoms with E-state index in [1.54, 1.807) is 0 Å². The molecule has 0 amide bonds. The summed E-state index contributed by atoms with van der Waals surface area (Å²) in [6.45, 7) is 4.70. The molecule has 1 aromatic rings. The lowest BCUT2D eigenvalue weighted by atomic mass is 9.98. The minimum atomic E-state index is 0.264. The Morgan fingerprint density at radius 1 is 1.43 bits per heavy atom. The summed E-state index contributed by atoms with van der Waals surface area (Å²) < 4.78 is 11.8. The second-order valence-electron chi connectivity index (χ2n) is 5.50. The van der Waals surface area contributed by atoms with Crippen molar-refractivity contribution in [2.75, 3.05) is 31.3 Å². The number of hydrogen-bond acceptors (Lipinski definition) is 4. The fourth-order valence-corrected chi connectivity index (χ4v) is 4.28. The molecule has 21 heavy (non-hydrogen) atoms. The first kappa shape index (κ1) is 15.5. The summed E-state index contributed by atoms with van der Waals surface area (Å²) >= 11 is 8.24. The molecular formula is C16H22ClNO2S. The van der Waals surface area contributed by atoms with Crippen molar-refractivity contribution >= 4 is 23.4 Å². The lowest BCUT2D eigenvalue weighted by molar-refractivity contribution is 0.0474. The van der Waals surface area contributed by atoms with E-state index in [0.29, 0.717) is 6.04 Å². The maximum atomic E-state index is 6.26. The van der Waals surface area contributed by atoms with Crippen molar-refractivity contribution < 1.29 is 9.47 Å². The Morgan fingerprint density at radius 2 is 2.33 bits per heavy atom. The van der Waals surface area contributed by atoms with Crippen LogP contribution in [0.3, 0.4) is 0 Å². The van der Waals surface area contributed by atoms with Gasteiger partial charge in [-0.05, 0) is 36.2 Å². The molecule has 0 aromatic heterocycles. The molecule has 3 nitrogen and oxygen atoms in total. The van der Waals surface area contributed by atoms with Gasteiger partial charge in [-0.3, -0.25) is 0 Å². The van der Waals surface area contributed by atoms with Gasteiger partial charge in [-0.15, -0.1) is 0 Å². The lowest BCUT2D eigenvalue weighted by Gasteiger charge is -2.31. The Hall–Kier alpha value is -0.420. The van der Waals surface area contributed by atoms with E-state index < -0.39 is 0 Å². The summed E-state index contributed by atoms with van der Waals surface area (Å²) in [6, 6.07) is 4.39. The van der Waals surface area contributed by atoms with Crippen molar-refractivity contribution in [2.45, 2.75) is 31.9 Å². The second kappa shape index (κ2) is 7.23. The van der Waals surface area contributed by atoms with Crippen molar-refractivity contribution in [2.24, 2.45) is 0 Å². The van der Waals surface area contributed by atoms with Gasteiger partial charge in [0, 0.05) is 29.0 Å². The highest BCUT2D eigenvalue weighted by atomic mass is 35.5. The molecule has 116 valence electrons. The average molecular weight is 328 g/mol. The Kier molecular flexibility index (Phi) is 5.33. The van der Waals surface area contributed by atoms with E-state index in [4.69, 9.17) is 21.1 Å². The minimum absolute atomic E-state index is 0.264. The topological polar surface area (TPSA) is 30.5 Å². The van der Waals surface area contributed by atoms with E-state index >= 15 is 0 Å². The van der Waals surface area contributed by atoms with Crippen LogP contribution in [0.5, 0.6) is 5.75 Å². The van der Waals surface area contributed by atoms with Gasteiger partial charge in [-0.1, -0.05) is 18.5 Å². The zero-order valence-corrected chi connectivity index (χ0v) is 13.9. The van der Waals surface area contributed by atoms with Gasteiger partial charge < -0.3 is 14.8 Å². The summed E-state index contributed by atoms with van der Waals surface area (Å²) in [5.41, 5.74) is 2.45. The van der Waals surface area contributed by atoms with Crippen LogP contribution >= 0.6 is 23.4 Å². The predicted octanol–water partition coefficient (Wildman–Crippen LogP) is 2.93. The molecule has 0 bridgehead atoms. The molecular weight excluding hydrogens is 306 g/mol. The van der Waals surface area contributed by atoms with E-state index in [2.05, 4.69) is 12.2 Å². The first-order valence-electron chi connectivity index (χ1n) is 7.64. The van der Waals surface area contributed by atoms with E-state index in [1.807, 2.05) is 23.9 Å². The summed E-state index contributed by atoms with van der Waals surface area (Å²) in [5.74, 6) is 3.21. The monoisotopic (exact) mass is 327 g/mol. The Bertz CT molecular complexity index is 491. The third-order valence-corrected chi connectivity index (χ3v) is 5.26. The van der Waals surface area contributed by atoms with Gasteiger partial charge in [-0.25, -0.2) is 0 Å². The first-order chi connectivity index (χ1) is 10.3. The number of halogens is 1. The van der Waals surface area contributed by atoms with Crippen LogP contribution in [0.2, 0.25) is 5.02 Å². The SMILES string of the molecule is CCNC(Cc1cc(Cl)cc2c1OCC2)C1CSCCO1. The minimum Gasteiger partial charge on any atom is -0.493 e. The van der Waals surface area contributed by atoms with Crippen molar-refractivity contribution in [1.82, 2.24) is 5.32 Å². The number of ether oxygens (including phenoxy) is 2. The number of fused-ring (bicyclic) bond motifs is 1. The molecule has 0 spiro atoms. The number of thioether (sulfide) groups is 1. The molecule has 2 aliphatic rings. The van der Waals surface area contributed by atoms with Crippen LogP contribution < -0.4 is 10.1 Å². The summed E-state index contributed by atoms with van der Waals surface area (Å²) in [4.78, 5) is 0. The van der Waals surface area contributed by atoms with Crippen LogP contribution in [0.1, 0.15) is 18.1 Å². The maximum absolute atomic E-state index is 6.26. The molecule has 2 heterocycles. The lowest BCUT2D eigenvalue weighted by Crippen LogP contribution is -2.46.